The second-order valence-corrected chi connectivity index (χ2v) is 6.69. The van der Waals surface area contributed by atoms with Gasteiger partial charge in [-0.2, -0.15) is 0 Å². The summed E-state index contributed by atoms with van der Waals surface area (Å²) < 4.78 is 11.3. The van der Waals surface area contributed by atoms with Gasteiger partial charge in [0, 0.05) is 43.4 Å². The average Bonchev–Trinajstić information content (AvgIpc) is 2.66. The molecule has 0 atom stereocenters. The van der Waals surface area contributed by atoms with Gasteiger partial charge in [0.1, 0.15) is 18.6 Å². The molecule has 0 amide bonds. The molecule has 0 radical (unpaired) electrons. The van der Waals surface area contributed by atoms with Gasteiger partial charge >= 0.3 is 0 Å². The van der Waals surface area contributed by atoms with E-state index < -0.39 is 0 Å². The normalized spacial score (nSPS) is 14.1. The van der Waals surface area contributed by atoms with Gasteiger partial charge in [0.25, 0.3) is 0 Å². The minimum absolute atomic E-state index is 0.119. The Hall–Kier alpha value is -2.40. The number of benzene rings is 1. The molecule has 27 heavy (non-hydrogen) atoms. The van der Waals surface area contributed by atoms with Crippen molar-refractivity contribution < 1.29 is 14.3 Å². The van der Waals surface area contributed by atoms with Crippen LogP contribution in [0.15, 0.2) is 42.6 Å². The average molecular weight is 370 g/mol. The maximum Gasteiger partial charge on any atom is 0.213 e. The van der Waals surface area contributed by atoms with E-state index in [0.717, 1.165) is 37.2 Å². The van der Waals surface area contributed by atoms with E-state index in [1.165, 1.54) is 5.56 Å². The van der Waals surface area contributed by atoms with Crippen molar-refractivity contribution in [3.05, 3.63) is 53.7 Å². The number of carbonyl (C=O) groups excluding carboxylic acids is 1. The molecule has 1 aromatic carbocycles. The van der Waals surface area contributed by atoms with Crippen molar-refractivity contribution >= 4 is 6.29 Å². The SMILES string of the molecule is CC.CC(C)Oc1ccc(COc2ccc(CN3CC(C=O)C3)cc2)cn1. The largest absolute Gasteiger partial charge is 0.489 e. The fourth-order valence-electron chi connectivity index (χ4n) is 2.75. The lowest BCUT2D eigenvalue weighted by molar-refractivity contribution is -0.115. The smallest absolute Gasteiger partial charge is 0.213 e. The summed E-state index contributed by atoms with van der Waals surface area (Å²) in [5.74, 6) is 1.68. The number of ether oxygens (including phenoxy) is 2. The second-order valence-electron chi connectivity index (χ2n) is 6.69. The topological polar surface area (TPSA) is 51.7 Å². The molecule has 1 aliphatic heterocycles. The Morgan fingerprint density at radius 3 is 2.33 bits per heavy atom. The molecule has 0 spiro atoms. The Bertz CT molecular complexity index is 678. The summed E-state index contributed by atoms with van der Waals surface area (Å²) in [6.07, 6.45) is 2.94. The van der Waals surface area contributed by atoms with E-state index in [1.54, 1.807) is 6.20 Å². The van der Waals surface area contributed by atoms with Crippen LogP contribution in [0.3, 0.4) is 0 Å². The minimum Gasteiger partial charge on any atom is -0.489 e. The molecule has 5 nitrogen and oxygen atoms in total. The lowest BCUT2D eigenvalue weighted by Gasteiger charge is -2.36. The van der Waals surface area contributed by atoms with E-state index in [1.807, 2.05) is 52.0 Å². The van der Waals surface area contributed by atoms with Crippen LogP contribution in [0, 0.1) is 5.92 Å². The van der Waals surface area contributed by atoms with Crippen LogP contribution in [-0.4, -0.2) is 35.4 Å². The van der Waals surface area contributed by atoms with Gasteiger partial charge in [-0.25, -0.2) is 4.98 Å². The highest BCUT2D eigenvalue weighted by Gasteiger charge is 2.25. The third-order valence-corrected chi connectivity index (χ3v) is 4.07. The van der Waals surface area contributed by atoms with Gasteiger partial charge in [0.05, 0.1) is 6.10 Å². The van der Waals surface area contributed by atoms with E-state index in [9.17, 15) is 4.79 Å². The van der Waals surface area contributed by atoms with E-state index in [-0.39, 0.29) is 12.0 Å². The molecule has 2 aromatic rings. The number of nitrogens with zero attached hydrogens (tertiary/aromatic N) is 2. The molecule has 2 heterocycles. The lowest BCUT2D eigenvalue weighted by Crippen LogP contribution is -2.46. The number of rotatable bonds is 8. The molecule has 0 saturated carbocycles. The summed E-state index contributed by atoms with van der Waals surface area (Å²) in [6.45, 7) is 11.0. The van der Waals surface area contributed by atoms with Gasteiger partial charge < -0.3 is 14.3 Å². The van der Waals surface area contributed by atoms with Crippen LogP contribution in [0.4, 0.5) is 0 Å². The predicted molar refractivity (Wildman–Crippen MR) is 107 cm³/mol. The van der Waals surface area contributed by atoms with Gasteiger partial charge in [-0.05, 0) is 37.6 Å². The molecule has 0 N–H and O–H groups in total. The van der Waals surface area contributed by atoms with Crippen LogP contribution < -0.4 is 9.47 Å². The highest BCUT2D eigenvalue weighted by molar-refractivity contribution is 5.55. The molecular formula is C22H30N2O3. The van der Waals surface area contributed by atoms with Crippen molar-refractivity contribution in [2.75, 3.05) is 13.1 Å². The third-order valence-electron chi connectivity index (χ3n) is 4.07. The highest BCUT2D eigenvalue weighted by atomic mass is 16.5. The Morgan fingerprint density at radius 1 is 1.11 bits per heavy atom. The molecule has 0 bridgehead atoms. The molecule has 3 rings (SSSR count). The maximum atomic E-state index is 10.6. The summed E-state index contributed by atoms with van der Waals surface area (Å²) in [4.78, 5) is 17.2. The van der Waals surface area contributed by atoms with Gasteiger partial charge in [0.2, 0.25) is 5.88 Å². The highest BCUT2D eigenvalue weighted by Crippen LogP contribution is 2.20. The summed E-state index contributed by atoms with van der Waals surface area (Å²) >= 11 is 0. The molecule has 0 unspecified atom stereocenters. The van der Waals surface area contributed by atoms with Crippen molar-refractivity contribution in [2.45, 2.75) is 47.0 Å². The maximum absolute atomic E-state index is 10.6. The van der Waals surface area contributed by atoms with Crippen LogP contribution in [0.25, 0.3) is 0 Å². The first-order chi connectivity index (χ1) is 13.1. The zero-order chi connectivity index (χ0) is 19.6. The summed E-state index contributed by atoms with van der Waals surface area (Å²) in [6, 6.07) is 11.9. The summed E-state index contributed by atoms with van der Waals surface area (Å²) in [5.41, 5.74) is 2.23. The van der Waals surface area contributed by atoms with Crippen LogP contribution in [0.1, 0.15) is 38.8 Å². The number of pyridine rings is 1. The minimum atomic E-state index is 0.119. The van der Waals surface area contributed by atoms with Crippen LogP contribution >= 0.6 is 0 Å². The Kier molecular flexibility index (Phi) is 8.27. The van der Waals surface area contributed by atoms with Crippen molar-refractivity contribution in [1.82, 2.24) is 9.88 Å². The fourth-order valence-corrected chi connectivity index (χ4v) is 2.75. The van der Waals surface area contributed by atoms with E-state index in [2.05, 4.69) is 22.0 Å². The van der Waals surface area contributed by atoms with Crippen molar-refractivity contribution in [3.63, 3.8) is 0 Å². The molecular weight excluding hydrogens is 340 g/mol. The third kappa shape index (κ3) is 6.68. The number of hydrogen-bond donors (Lipinski definition) is 0. The van der Waals surface area contributed by atoms with Crippen LogP contribution in [0.2, 0.25) is 0 Å². The van der Waals surface area contributed by atoms with Crippen LogP contribution in [0.5, 0.6) is 11.6 Å². The molecule has 5 heteroatoms. The first-order valence-corrected chi connectivity index (χ1v) is 9.63. The van der Waals surface area contributed by atoms with Crippen molar-refractivity contribution in [3.8, 4) is 11.6 Å². The lowest BCUT2D eigenvalue weighted by atomic mass is 10.0. The van der Waals surface area contributed by atoms with Gasteiger partial charge in [-0.3, -0.25) is 4.90 Å². The van der Waals surface area contributed by atoms with Crippen LogP contribution in [-0.2, 0) is 17.9 Å². The number of hydrogen-bond acceptors (Lipinski definition) is 5. The standard InChI is InChI=1S/C20H24N2O3.C2H6/c1-15(2)25-20-8-5-17(9-21-20)14-24-19-6-3-16(4-7-19)10-22-11-18(12-22)13-23;1-2/h3-9,13,15,18H,10-12,14H2,1-2H3;1-2H3. The van der Waals surface area contributed by atoms with Gasteiger partial charge in [-0.15, -0.1) is 0 Å². The van der Waals surface area contributed by atoms with E-state index >= 15 is 0 Å². The zero-order valence-electron chi connectivity index (χ0n) is 16.7. The van der Waals surface area contributed by atoms with Gasteiger partial charge in [0.15, 0.2) is 0 Å². The predicted octanol–water partition coefficient (Wildman–Crippen LogP) is 4.10. The van der Waals surface area contributed by atoms with Crippen molar-refractivity contribution in [1.29, 1.82) is 0 Å². The van der Waals surface area contributed by atoms with E-state index in [0.29, 0.717) is 12.5 Å². The first-order valence-electron chi connectivity index (χ1n) is 9.63. The molecule has 1 aromatic heterocycles. The van der Waals surface area contributed by atoms with Gasteiger partial charge in [-0.1, -0.05) is 26.0 Å². The van der Waals surface area contributed by atoms with Crippen molar-refractivity contribution in [2.24, 2.45) is 5.92 Å². The zero-order valence-corrected chi connectivity index (χ0v) is 16.7. The number of likely N-dealkylation sites (tertiary alicyclic amines) is 1. The van der Waals surface area contributed by atoms with E-state index in [4.69, 9.17) is 9.47 Å². The number of aromatic nitrogens is 1. The first kappa shape index (κ1) is 20.9. The molecule has 1 aliphatic rings. The summed E-state index contributed by atoms with van der Waals surface area (Å²) in [5, 5.41) is 0. The molecule has 0 aliphatic carbocycles. The molecule has 1 fully saturated rings. The Morgan fingerprint density at radius 2 is 1.78 bits per heavy atom. The number of aldehydes is 1. The Labute approximate surface area is 162 Å². The fraction of sp³-hybridized carbons (Fsp3) is 0.455. The Balaban J connectivity index is 0.00000126. The summed E-state index contributed by atoms with van der Waals surface area (Å²) in [7, 11) is 0. The quantitative estimate of drug-likeness (QED) is 0.655. The molecule has 146 valence electrons. The number of carbonyl (C=O) groups is 1. The molecule has 1 saturated heterocycles. The second kappa shape index (κ2) is 10.7. The monoisotopic (exact) mass is 370 g/mol.